The number of carbonyl (C=O) groups is 2. The highest BCUT2D eigenvalue weighted by Crippen LogP contribution is 2.31. The van der Waals surface area contributed by atoms with Crippen molar-refractivity contribution in [1.82, 2.24) is 5.32 Å². The van der Waals surface area contributed by atoms with Crippen molar-refractivity contribution >= 4 is 22.8 Å². The number of hydrogen-bond donors (Lipinski definition) is 2. The van der Waals surface area contributed by atoms with E-state index < -0.39 is 30.2 Å². The number of hydrogen-bond acceptors (Lipinski definition) is 5. The molecular weight excluding hydrogens is 314 g/mol. The van der Waals surface area contributed by atoms with Crippen LogP contribution in [0.2, 0.25) is 0 Å². The molecule has 0 aliphatic carbocycles. The molecule has 0 bridgehead atoms. The minimum absolute atomic E-state index is 0.385. The second kappa shape index (κ2) is 6.74. The third-order valence-electron chi connectivity index (χ3n) is 3.74. The van der Waals surface area contributed by atoms with Crippen LogP contribution in [0.4, 0.5) is 0 Å². The largest absolute Gasteiger partial charge is 0.480 e. The summed E-state index contributed by atoms with van der Waals surface area (Å²) < 4.78 is 11.0. The van der Waals surface area contributed by atoms with Gasteiger partial charge in [0.15, 0.2) is 6.10 Å². The second-order valence-electron chi connectivity index (χ2n) is 5.65. The molecule has 0 aliphatic heterocycles. The highest BCUT2D eigenvalue weighted by molar-refractivity contribution is 5.89. The molecule has 0 aliphatic rings. The Hall–Kier alpha value is -2.83. The van der Waals surface area contributed by atoms with Crippen LogP contribution in [0.15, 0.2) is 21.3 Å². The third kappa shape index (κ3) is 3.56. The number of carbonyl (C=O) groups excluding carboxylic acids is 1. The molecule has 0 radical (unpaired) electrons. The number of amides is 1. The van der Waals surface area contributed by atoms with Gasteiger partial charge in [0.25, 0.3) is 5.91 Å². The summed E-state index contributed by atoms with van der Waals surface area (Å²) in [6.45, 7) is 6.30. The Kier molecular flexibility index (Phi) is 4.92. The Morgan fingerprint density at radius 2 is 1.92 bits per heavy atom. The number of fused-ring (bicyclic) bond motifs is 1. The molecule has 2 N–H and O–H groups in total. The van der Waals surface area contributed by atoms with Gasteiger partial charge in [0, 0.05) is 5.56 Å². The average Bonchev–Trinajstić information content (AvgIpc) is 2.49. The van der Waals surface area contributed by atoms with Gasteiger partial charge in [-0.15, -0.1) is 0 Å². The van der Waals surface area contributed by atoms with Gasteiger partial charge in [0.1, 0.15) is 17.9 Å². The van der Waals surface area contributed by atoms with E-state index in [9.17, 15) is 14.4 Å². The molecule has 1 aromatic heterocycles. The summed E-state index contributed by atoms with van der Waals surface area (Å²) in [6, 6.07) is 3.47. The molecule has 1 amide bonds. The minimum Gasteiger partial charge on any atom is -0.480 e. The molecule has 0 saturated carbocycles. The van der Waals surface area contributed by atoms with E-state index in [2.05, 4.69) is 5.32 Å². The van der Waals surface area contributed by atoms with Gasteiger partial charge in [-0.3, -0.25) is 9.59 Å². The fourth-order valence-electron chi connectivity index (χ4n) is 2.33. The number of nitrogens with one attached hydrogen (secondary N) is 1. The third-order valence-corrected chi connectivity index (χ3v) is 3.74. The molecule has 0 unspecified atom stereocenters. The van der Waals surface area contributed by atoms with Crippen molar-refractivity contribution < 1.29 is 23.8 Å². The first-order valence-electron chi connectivity index (χ1n) is 7.41. The van der Waals surface area contributed by atoms with Gasteiger partial charge in [-0.05, 0) is 51.0 Å². The van der Waals surface area contributed by atoms with E-state index in [-0.39, 0.29) is 0 Å². The smallest absolute Gasteiger partial charge is 0.339 e. The molecule has 0 fully saturated rings. The fraction of sp³-hybridized carbons (Fsp3) is 0.353. The van der Waals surface area contributed by atoms with Gasteiger partial charge in [0.05, 0.1) is 5.39 Å². The van der Waals surface area contributed by atoms with Gasteiger partial charge in [0.2, 0.25) is 0 Å². The number of aryl methyl sites for hydroxylation is 2. The number of rotatable bonds is 5. The summed E-state index contributed by atoms with van der Waals surface area (Å²) in [5.74, 6) is -1.27. The van der Waals surface area contributed by atoms with E-state index >= 15 is 0 Å². The SMILES string of the molecule is Cc1cc(O[C@H](C)C(=O)NCC(=O)O)c2c(C)c(C)c(=O)oc2c1. The lowest BCUT2D eigenvalue weighted by Gasteiger charge is -2.17. The molecule has 0 saturated heterocycles. The van der Waals surface area contributed by atoms with E-state index in [1.807, 2.05) is 6.92 Å². The minimum atomic E-state index is -1.13. The fourth-order valence-corrected chi connectivity index (χ4v) is 2.33. The molecular formula is C17H19NO6. The van der Waals surface area contributed by atoms with Crippen molar-refractivity contribution in [2.45, 2.75) is 33.8 Å². The van der Waals surface area contributed by atoms with Crippen molar-refractivity contribution in [3.05, 3.63) is 39.2 Å². The molecule has 1 aromatic carbocycles. The number of carboxylic acids is 1. The van der Waals surface area contributed by atoms with Crippen LogP contribution in [0, 0.1) is 20.8 Å². The van der Waals surface area contributed by atoms with Crippen molar-refractivity contribution in [1.29, 1.82) is 0 Å². The van der Waals surface area contributed by atoms with Crippen molar-refractivity contribution in [2.24, 2.45) is 0 Å². The van der Waals surface area contributed by atoms with Gasteiger partial charge < -0.3 is 19.6 Å². The van der Waals surface area contributed by atoms with Crippen LogP contribution in [-0.4, -0.2) is 29.6 Å². The van der Waals surface area contributed by atoms with E-state index in [4.69, 9.17) is 14.3 Å². The summed E-state index contributed by atoms with van der Waals surface area (Å²) in [4.78, 5) is 34.3. The van der Waals surface area contributed by atoms with Crippen molar-refractivity contribution in [3.63, 3.8) is 0 Å². The predicted octanol–water partition coefficient (Wildman–Crippen LogP) is 1.69. The van der Waals surface area contributed by atoms with Crippen LogP contribution >= 0.6 is 0 Å². The molecule has 7 heteroatoms. The molecule has 1 atom stereocenters. The van der Waals surface area contributed by atoms with Crippen LogP contribution in [0.5, 0.6) is 5.75 Å². The van der Waals surface area contributed by atoms with Gasteiger partial charge in [-0.2, -0.15) is 0 Å². The van der Waals surface area contributed by atoms with Crippen molar-refractivity contribution in [3.8, 4) is 5.75 Å². The summed E-state index contributed by atoms with van der Waals surface area (Å²) in [7, 11) is 0. The molecule has 24 heavy (non-hydrogen) atoms. The second-order valence-corrected chi connectivity index (χ2v) is 5.65. The zero-order chi connectivity index (χ0) is 18.0. The molecule has 2 rings (SSSR count). The number of benzene rings is 1. The van der Waals surface area contributed by atoms with Gasteiger partial charge in [-0.1, -0.05) is 0 Å². The first-order chi connectivity index (χ1) is 11.2. The predicted molar refractivity (Wildman–Crippen MR) is 87.4 cm³/mol. The summed E-state index contributed by atoms with van der Waals surface area (Å²) in [6.07, 6.45) is -0.902. The molecule has 1 heterocycles. The van der Waals surface area contributed by atoms with Crippen LogP contribution in [0.1, 0.15) is 23.6 Å². The summed E-state index contributed by atoms with van der Waals surface area (Å²) >= 11 is 0. The summed E-state index contributed by atoms with van der Waals surface area (Å²) in [5.41, 5.74) is 1.97. The quantitative estimate of drug-likeness (QED) is 0.807. The molecule has 7 nitrogen and oxygen atoms in total. The lowest BCUT2D eigenvalue weighted by molar-refractivity contribution is -0.139. The zero-order valence-corrected chi connectivity index (χ0v) is 13.9. The molecule has 2 aromatic rings. The molecule has 0 spiro atoms. The number of carboxylic acid groups (broad SMARTS) is 1. The standard InChI is InChI=1S/C17H19NO6/c1-8-5-12(23-11(4)16(21)18-7-14(19)20)15-9(2)10(3)17(22)24-13(15)6-8/h5-6,11H,7H2,1-4H3,(H,18,21)(H,19,20)/t11-/m1/s1. The first kappa shape index (κ1) is 17.5. The summed E-state index contributed by atoms with van der Waals surface area (Å²) in [5, 5.41) is 11.5. The lowest BCUT2D eigenvalue weighted by Crippen LogP contribution is -2.39. The number of aliphatic carboxylic acids is 1. The Morgan fingerprint density at radius 1 is 1.25 bits per heavy atom. The average molecular weight is 333 g/mol. The normalized spacial score (nSPS) is 12.0. The van der Waals surface area contributed by atoms with Crippen molar-refractivity contribution in [2.75, 3.05) is 6.54 Å². The Balaban J connectivity index is 2.41. The Morgan fingerprint density at radius 3 is 2.54 bits per heavy atom. The maximum absolute atomic E-state index is 11.9. The highest BCUT2D eigenvalue weighted by atomic mass is 16.5. The van der Waals surface area contributed by atoms with E-state index in [0.717, 1.165) is 11.1 Å². The van der Waals surface area contributed by atoms with Gasteiger partial charge in [-0.25, -0.2) is 4.79 Å². The highest BCUT2D eigenvalue weighted by Gasteiger charge is 2.19. The van der Waals surface area contributed by atoms with E-state index in [1.54, 1.807) is 26.0 Å². The maximum atomic E-state index is 11.9. The Labute approximate surface area is 138 Å². The topological polar surface area (TPSA) is 106 Å². The molecule has 128 valence electrons. The monoisotopic (exact) mass is 333 g/mol. The van der Waals surface area contributed by atoms with Crippen LogP contribution < -0.4 is 15.7 Å². The maximum Gasteiger partial charge on any atom is 0.339 e. The van der Waals surface area contributed by atoms with Crippen LogP contribution in [0.3, 0.4) is 0 Å². The van der Waals surface area contributed by atoms with E-state index in [1.165, 1.54) is 6.92 Å². The zero-order valence-electron chi connectivity index (χ0n) is 13.9. The van der Waals surface area contributed by atoms with Crippen LogP contribution in [-0.2, 0) is 9.59 Å². The first-order valence-corrected chi connectivity index (χ1v) is 7.41. The lowest BCUT2D eigenvalue weighted by atomic mass is 10.0. The van der Waals surface area contributed by atoms with Crippen LogP contribution in [0.25, 0.3) is 11.0 Å². The van der Waals surface area contributed by atoms with E-state index in [0.29, 0.717) is 22.3 Å². The Bertz CT molecular complexity index is 867. The van der Waals surface area contributed by atoms with Gasteiger partial charge >= 0.3 is 11.6 Å². The number of ether oxygens (including phenoxy) is 1.